The highest BCUT2D eigenvalue weighted by Crippen LogP contribution is 2.37. The molecule has 0 saturated heterocycles. The molecule has 0 unspecified atom stereocenters. The Labute approximate surface area is 175 Å². The van der Waals surface area contributed by atoms with Gasteiger partial charge in [-0.25, -0.2) is 0 Å². The van der Waals surface area contributed by atoms with Crippen molar-refractivity contribution in [3.05, 3.63) is 87.7 Å². The number of carbonyl (C=O) groups excluding carboxylic acids is 1. The van der Waals surface area contributed by atoms with Crippen LogP contribution in [0.1, 0.15) is 9.67 Å². The third-order valence-electron chi connectivity index (χ3n) is 3.96. The van der Waals surface area contributed by atoms with Gasteiger partial charge in [-0.05, 0) is 48.5 Å². The smallest absolute Gasteiger partial charge is 0.267 e. The Morgan fingerprint density at radius 1 is 0.857 bits per heavy atom. The van der Waals surface area contributed by atoms with Gasteiger partial charge in [-0.15, -0.1) is 11.3 Å². The molecule has 1 N–H and O–H groups in total. The molecular weight excluding hydrogens is 413 g/mol. The molecular formula is C21H13Cl2N3OS. The molecule has 0 atom stereocenters. The van der Waals surface area contributed by atoms with Crippen LogP contribution in [0, 0.1) is 0 Å². The first-order valence-corrected chi connectivity index (χ1v) is 9.93. The number of hydrogen-bond donors (Lipinski definition) is 1. The minimum atomic E-state index is -0.263. The lowest BCUT2D eigenvalue weighted by Crippen LogP contribution is -2.10. The quantitative estimate of drug-likeness (QED) is 0.332. The van der Waals surface area contributed by atoms with E-state index in [-0.39, 0.29) is 5.91 Å². The molecule has 0 aliphatic rings. The van der Waals surface area contributed by atoms with E-state index in [0.29, 0.717) is 26.3 Å². The van der Waals surface area contributed by atoms with E-state index in [1.165, 1.54) is 11.3 Å². The van der Waals surface area contributed by atoms with Gasteiger partial charge in [0.25, 0.3) is 5.91 Å². The molecule has 0 aliphatic carbocycles. The zero-order valence-corrected chi connectivity index (χ0v) is 16.7. The number of nitrogens with one attached hydrogen (secondary N) is 1. The Kier molecular flexibility index (Phi) is 5.39. The number of azo groups is 1. The number of amides is 1. The number of hydrogen-bond acceptors (Lipinski definition) is 4. The van der Waals surface area contributed by atoms with Gasteiger partial charge in [0, 0.05) is 20.8 Å². The van der Waals surface area contributed by atoms with Crippen LogP contribution < -0.4 is 5.32 Å². The lowest BCUT2D eigenvalue weighted by molar-refractivity contribution is 0.103. The predicted octanol–water partition coefficient (Wildman–Crippen LogP) is 7.88. The Hall–Kier alpha value is -2.73. The Bertz CT molecular complexity index is 1170. The van der Waals surface area contributed by atoms with Gasteiger partial charge in [0.15, 0.2) is 0 Å². The molecule has 1 amide bonds. The van der Waals surface area contributed by atoms with E-state index in [9.17, 15) is 4.79 Å². The van der Waals surface area contributed by atoms with Gasteiger partial charge in [-0.2, -0.15) is 10.2 Å². The van der Waals surface area contributed by atoms with Gasteiger partial charge in [0.2, 0.25) is 0 Å². The summed E-state index contributed by atoms with van der Waals surface area (Å²) in [6.45, 7) is 0. The average molecular weight is 426 g/mol. The van der Waals surface area contributed by atoms with Crippen LogP contribution in [-0.4, -0.2) is 5.91 Å². The number of nitrogens with zero attached hydrogens (tertiary/aromatic N) is 2. The Morgan fingerprint density at radius 2 is 1.54 bits per heavy atom. The van der Waals surface area contributed by atoms with Crippen LogP contribution in [0.5, 0.6) is 0 Å². The van der Waals surface area contributed by atoms with Crippen LogP contribution in [0.15, 0.2) is 83.0 Å². The van der Waals surface area contributed by atoms with Crippen molar-refractivity contribution in [1.29, 1.82) is 0 Å². The molecule has 28 heavy (non-hydrogen) atoms. The minimum absolute atomic E-state index is 0.263. The maximum absolute atomic E-state index is 12.6. The van der Waals surface area contributed by atoms with Crippen molar-refractivity contribution in [2.45, 2.75) is 0 Å². The van der Waals surface area contributed by atoms with Gasteiger partial charge in [0.1, 0.15) is 4.88 Å². The van der Waals surface area contributed by atoms with E-state index in [1.807, 2.05) is 36.4 Å². The highest BCUT2D eigenvalue weighted by Gasteiger charge is 2.17. The topological polar surface area (TPSA) is 53.8 Å². The zero-order chi connectivity index (χ0) is 19.5. The van der Waals surface area contributed by atoms with Gasteiger partial charge < -0.3 is 5.32 Å². The highest BCUT2D eigenvalue weighted by atomic mass is 35.5. The summed E-state index contributed by atoms with van der Waals surface area (Å²) in [7, 11) is 0. The molecule has 138 valence electrons. The van der Waals surface area contributed by atoms with E-state index >= 15 is 0 Å². The second-order valence-corrected chi connectivity index (χ2v) is 7.79. The summed E-state index contributed by atoms with van der Waals surface area (Å²) in [4.78, 5) is 13.1. The summed E-state index contributed by atoms with van der Waals surface area (Å²) in [5.41, 5.74) is 2.12. The van der Waals surface area contributed by atoms with E-state index in [2.05, 4.69) is 15.5 Å². The number of thiophene rings is 1. The summed E-state index contributed by atoms with van der Waals surface area (Å²) in [5.74, 6) is -0.263. The van der Waals surface area contributed by atoms with Crippen LogP contribution >= 0.6 is 34.5 Å². The fourth-order valence-electron chi connectivity index (χ4n) is 2.59. The lowest BCUT2D eigenvalue weighted by atomic mass is 10.2. The molecule has 0 aliphatic heterocycles. The molecule has 1 aromatic heterocycles. The van der Waals surface area contributed by atoms with Crippen LogP contribution in [0.2, 0.25) is 10.0 Å². The Morgan fingerprint density at radius 3 is 2.25 bits per heavy atom. The molecule has 7 heteroatoms. The largest absolute Gasteiger partial charge is 0.321 e. The third-order valence-corrected chi connectivity index (χ3v) is 5.85. The number of rotatable bonds is 4. The lowest BCUT2D eigenvalue weighted by Gasteiger charge is -2.04. The predicted molar refractivity (Wildman–Crippen MR) is 117 cm³/mol. The molecule has 4 rings (SSSR count). The molecule has 0 radical (unpaired) electrons. The molecule has 0 spiro atoms. The molecule has 0 bridgehead atoms. The molecule has 1 heterocycles. The van der Waals surface area contributed by atoms with Crippen LogP contribution in [0.25, 0.3) is 10.1 Å². The Balaban J connectivity index is 1.49. The van der Waals surface area contributed by atoms with Crippen molar-refractivity contribution in [2.75, 3.05) is 5.32 Å². The van der Waals surface area contributed by atoms with Gasteiger partial charge in [0.05, 0.1) is 16.4 Å². The second-order valence-electron chi connectivity index (χ2n) is 5.92. The first-order chi connectivity index (χ1) is 13.6. The van der Waals surface area contributed by atoms with Crippen molar-refractivity contribution < 1.29 is 4.79 Å². The van der Waals surface area contributed by atoms with Crippen LogP contribution in [0.3, 0.4) is 0 Å². The minimum Gasteiger partial charge on any atom is -0.321 e. The van der Waals surface area contributed by atoms with Crippen molar-refractivity contribution in [2.24, 2.45) is 10.2 Å². The summed E-state index contributed by atoms with van der Waals surface area (Å²) in [6.07, 6.45) is 0. The van der Waals surface area contributed by atoms with Crippen molar-refractivity contribution in [1.82, 2.24) is 0 Å². The maximum atomic E-state index is 12.6. The number of benzene rings is 3. The van der Waals surface area contributed by atoms with Crippen molar-refractivity contribution in [3.8, 4) is 0 Å². The van der Waals surface area contributed by atoms with Crippen LogP contribution in [0.4, 0.5) is 17.1 Å². The van der Waals surface area contributed by atoms with Crippen LogP contribution in [-0.2, 0) is 0 Å². The first kappa shape index (κ1) is 18.6. The fourth-order valence-corrected chi connectivity index (χ4v) is 4.28. The van der Waals surface area contributed by atoms with E-state index in [0.717, 1.165) is 15.8 Å². The third kappa shape index (κ3) is 4.07. The monoisotopic (exact) mass is 425 g/mol. The standard InChI is InChI=1S/C21H13Cl2N3OS/c22-13-6-11-17-18(12-13)28-20(19(17)23)21(27)24-14-7-9-16(10-8-14)26-25-15-4-2-1-3-5-15/h1-12H,(H,24,27). The summed E-state index contributed by atoms with van der Waals surface area (Å²) in [6, 6.07) is 22.0. The summed E-state index contributed by atoms with van der Waals surface area (Å²) < 4.78 is 0.874. The first-order valence-electron chi connectivity index (χ1n) is 8.36. The summed E-state index contributed by atoms with van der Waals surface area (Å²) in [5, 5.41) is 13.1. The van der Waals surface area contributed by atoms with Crippen molar-refractivity contribution in [3.63, 3.8) is 0 Å². The average Bonchev–Trinajstić information content (AvgIpc) is 3.04. The molecule has 4 aromatic rings. The normalized spacial score (nSPS) is 11.2. The zero-order valence-electron chi connectivity index (χ0n) is 14.4. The van der Waals surface area contributed by atoms with E-state index in [4.69, 9.17) is 23.2 Å². The SMILES string of the molecule is O=C(Nc1ccc(N=Nc2ccccc2)cc1)c1sc2cc(Cl)ccc2c1Cl. The molecule has 0 fully saturated rings. The van der Waals surface area contributed by atoms with Gasteiger partial charge >= 0.3 is 0 Å². The molecule has 3 aromatic carbocycles. The van der Waals surface area contributed by atoms with Crippen molar-refractivity contribution >= 4 is 67.6 Å². The fraction of sp³-hybridized carbons (Fsp3) is 0. The molecule has 0 saturated carbocycles. The number of fused-ring (bicyclic) bond motifs is 1. The highest BCUT2D eigenvalue weighted by molar-refractivity contribution is 7.21. The van der Waals surface area contributed by atoms with E-state index in [1.54, 1.807) is 36.4 Å². The van der Waals surface area contributed by atoms with E-state index < -0.39 is 0 Å². The number of carbonyl (C=O) groups is 1. The number of halogens is 2. The van der Waals surface area contributed by atoms with Gasteiger partial charge in [-0.1, -0.05) is 47.5 Å². The maximum Gasteiger partial charge on any atom is 0.267 e. The van der Waals surface area contributed by atoms with Gasteiger partial charge in [-0.3, -0.25) is 4.79 Å². The summed E-state index contributed by atoms with van der Waals surface area (Å²) >= 11 is 13.7. The number of anilines is 1. The second kappa shape index (κ2) is 8.10. The molecule has 4 nitrogen and oxygen atoms in total.